The second-order valence-electron chi connectivity index (χ2n) is 6.56. The van der Waals surface area contributed by atoms with Crippen molar-refractivity contribution in [3.05, 3.63) is 16.1 Å². The van der Waals surface area contributed by atoms with Crippen molar-refractivity contribution in [3.8, 4) is 0 Å². The van der Waals surface area contributed by atoms with E-state index < -0.39 is 0 Å². The van der Waals surface area contributed by atoms with Gasteiger partial charge in [-0.2, -0.15) is 0 Å². The van der Waals surface area contributed by atoms with E-state index in [0.717, 1.165) is 13.1 Å². The molecule has 0 atom stereocenters. The molecule has 3 nitrogen and oxygen atoms in total. The molecule has 0 saturated heterocycles. The summed E-state index contributed by atoms with van der Waals surface area (Å²) in [6, 6.07) is 1.74. The van der Waals surface area contributed by atoms with Crippen molar-refractivity contribution in [3.63, 3.8) is 0 Å². The largest absolute Gasteiger partial charge is 0.369 e. The summed E-state index contributed by atoms with van der Waals surface area (Å²) < 4.78 is 0. The first-order chi connectivity index (χ1) is 9.21. The number of aromatic nitrogens is 1. The molecule has 0 unspecified atom stereocenters. The van der Waals surface area contributed by atoms with Gasteiger partial charge in [0.05, 0.1) is 10.0 Å². The second-order valence-corrected chi connectivity index (χ2v) is 7.37. The number of nitrogens with one attached hydrogen (secondary N) is 2. The molecule has 1 aliphatic rings. The first-order valence-electron chi connectivity index (χ1n) is 7.05. The van der Waals surface area contributed by atoms with Gasteiger partial charge in [0.2, 0.25) is 0 Å². The Balaban J connectivity index is 2.09. The van der Waals surface area contributed by atoms with Gasteiger partial charge in [0.15, 0.2) is 0 Å². The number of halogens is 2. The highest BCUT2D eigenvalue weighted by atomic mass is 35.5. The molecule has 5 heteroatoms. The number of anilines is 2. The maximum absolute atomic E-state index is 6.21. The minimum atomic E-state index is 0.351. The zero-order valence-corrected chi connectivity index (χ0v) is 14.3. The van der Waals surface area contributed by atoms with Crippen molar-refractivity contribution >= 4 is 34.8 Å². The van der Waals surface area contributed by atoms with Crippen LogP contribution >= 0.6 is 23.2 Å². The van der Waals surface area contributed by atoms with E-state index >= 15 is 0 Å². The third kappa shape index (κ3) is 2.58. The fraction of sp³-hybridized carbons (Fsp3) is 0.667. The first-order valence-corrected chi connectivity index (χ1v) is 7.81. The SMILES string of the molecule is CCNc1nc(NCC2C(C)(C)C2(C)C)c(Cl)cc1Cl. The molecule has 112 valence electrons. The molecule has 0 amide bonds. The zero-order valence-electron chi connectivity index (χ0n) is 12.8. The van der Waals surface area contributed by atoms with Crippen LogP contribution in [0.2, 0.25) is 10.0 Å². The lowest BCUT2D eigenvalue weighted by Gasteiger charge is -2.12. The fourth-order valence-electron chi connectivity index (χ4n) is 2.92. The lowest BCUT2D eigenvalue weighted by Crippen LogP contribution is -2.11. The van der Waals surface area contributed by atoms with Gasteiger partial charge in [0.1, 0.15) is 11.6 Å². The van der Waals surface area contributed by atoms with Crippen LogP contribution in [0.25, 0.3) is 0 Å². The van der Waals surface area contributed by atoms with Gasteiger partial charge in [-0.15, -0.1) is 0 Å². The average Bonchev–Trinajstić information content (AvgIpc) is 2.72. The molecule has 1 saturated carbocycles. The molecule has 0 spiro atoms. The summed E-state index contributed by atoms with van der Waals surface area (Å²) in [5, 5.41) is 7.62. The van der Waals surface area contributed by atoms with Gasteiger partial charge in [-0.25, -0.2) is 4.98 Å². The summed E-state index contributed by atoms with van der Waals surface area (Å²) in [6.45, 7) is 12.9. The minimum absolute atomic E-state index is 0.351. The maximum atomic E-state index is 6.21. The number of hydrogen-bond donors (Lipinski definition) is 2. The van der Waals surface area contributed by atoms with Crippen LogP contribution < -0.4 is 10.6 Å². The highest BCUT2D eigenvalue weighted by Crippen LogP contribution is 2.68. The molecule has 2 rings (SSSR count). The van der Waals surface area contributed by atoms with Gasteiger partial charge in [-0.3, -0.25) is 0 Å². The van der Waals surface area contributed by atoms with E-state index in [-0.39, 0.29) is 0 Å². The molecule has 1 aromatic rings. The topological polar surface area (TPSA) is 37.0 Å². The Morgan fingerprint density at radius 3 is 2.00 bits per heavy atom. The van der Waals surface area contributed by atoms with Gasteiger partial charge in [-0.05, 0) is 29.7 Å². The molecule has 1 aromatic heterocycles. The van der Waals surface area contributed by atoms with Crippen LogP contribution in [-0.2, 0) is 0 Å². The summed E-state index contributed by atoms with van der Waals surface area (Å²) in [5.74, 6) is 1.99. The van der Waals surface area contributed by atoms with Crippen LogP contribution in [0.4, 0.5) is 11.6 Å². The van der Waals surface area contributed by atoms with Crippen molar-refractivity contribution in [2.24, 2.45) is 16.7 Å². The molecule has 0 radical (unpaired) electrons. The zero-order chi connectivity index (χ0) is 15.1. The lowest BCUT2D eigenvalue weighted by atomic mass is 10.0. The Hall–Kier alpha value is -0.670. The third-order valence-electron chi connectivity index (χ3n) is 5.07. The first kappa shape index (κ1) is 15.7. The molecule has 0 aromatic carbocycles. The molecule has 1 heterocycles. The number of nitrogens with zero attached hydrogens (tertiary/aromatic N) is 1. The Morgan fingerprint density at radius 2 is 1.55 bits per heavy atom. The van der Waals surface area contributed by atoms with E-state index in [4.69, 9.17) is 23.2 Å². The Kier molecular flexibility index (Phi) is 4.14. The Labute approximate surface area is 131 Å². The highest BCUT2D eigenvalue weighted by Gasteiger charge is 2.64. The van der Waals surface area contributed by atoms with Crippen molar-refractivity contribution < 1.29 is 0 Å². The molecule has 20 heavy (non-hydrogen) atoms. The summed E-state index contributed by atoms with van der Waals surface area (Å²) in [4.78, 5) is 4.47. The van der Waals surface area contributed by atoms with Gasteiger partial charge in [0, 0.05) is 13.1 Å². The van der Waals surface area contributed by atoms with E-state index in [2.05, 4.69) is 43.3 Å². The molecule has 1 fully saturated rings. The third-order valence-corrected chi connectivity index (χ3v) is 5.64. The molecular formula is C15H23Cl2N3. The number of hydrogen-bond acceptors (Lipinski definition) is 3. The molecule has 0 bridgehead atoms. The van der Waals surface area contributed by atoms with E-state index in [0.29, 0.717) is 38.4 Å². The Bertz CT molecular complexity index is 498. The second kappa shape index (κ2) is 5.27. The van der Waals surface area contributed by atoms with Crippen LogP contribution in [0.3, 0.4) is 0 Å². The van der Waals surface area contributed by atoms with Crippen molar-refractivity contribution in [1.29, 1.82) is 0 Å². The molecule has 0 aliphatic heterocycles. The van der Waals surface area contributed by atoms with Crippen molar-refractivity contribution in [2.45, 2.75) is 34.6 Å². The van der Waals surface area contributed by atoms with Crippen molar-refractivity contribution in [1.82, 2.24) is 4.98 Å². The predicted molar refractivity (Wildman–Crippen MR) is 88.0 cm³/mol. The van der Waals surface area contributed by atoms with Gasteiger partial charge >= 0.3 is 0 Å². The number of rotatable bonds is 5. The summed E-state index contributed by atoms with van der Waals surface area (Å²) in [6.07, 6.45) is 0. The van der Waals surface area contributed by atoms with Crippen LogP contribution in [0.1, 0.15) is 34.6 Å². The molecular weight excluding hydrogens is 293 g/mol. The van der Waals surface area contributed by atoms with Crippen molar-refractivity contribution in [2.75, 3.05) is 23.7 Å². The predicted octanol–water partition coefficient (Wildman–Crippen LogP) is 4.91. The highest BCUT2D eigenvalue weighted by molar-refractivity contribution is 6.37. The van der Waals surface area contributed by atoms with Crippen LogP contribution in [0.5, 0.6) is 0 Å². The summed E-state index contributed by atoms with van der Waals surface area (Å²) in [7, 11) is 0. The Morgan fingerprint density at radius 1 is 1.05 bits per heavy atom. The van der Waals surface area contributed by atoms with Gasteiger partial charge < -0.3 is 10.6 Å². The van der Waals surface area contributed by atoms with Crippen LogP contribution in [0.15, 0.2) is 6.07 Å². The molecule has 2 N–H and O–H groups in total. The van der Waals surface area contributed by atoms with E-state index in [1.807, 2.05) is 6.92 Å². The van der Waals surface area contributed by atoms with Gasteiger partial charge in [0.25, 0.3) is 0 Å². The molecule has 1 aliphatic carbocycles. The summed E-state index contributed by atoms with van der Waals surface area (Å²) in [5.41, 5.74) is 0.701. The fourth-order valence-corrected chi connectivity index (χ4v) is 3.42. The normalized spacial score (nSPS) is 19.8. The lowest BCUT2D eigenvalue weighted by molar-refractivity contribution is 0.457. The number of pyridine rings is 1. The maximum Gasteiger partial charge on any atom is 0.147 e. The van der Waals surface area contributed by atoms with E-state index in [9.17, 15) is 0 Å². The standard InChI is InChI=1S/C15H23Cl2N3/c1-6-18-12-9(16)7-10(17)13(20-12)19-8-11-14(2,3)15(11,4)5/h7,11H,6,8H2,1-5H3,(H2,18,19,20). The minimum Gasteiger partial charge on any atom is -0.369 e. The average molecular weight is 316 g/mol. The monoisotopic (exact) mass is 315 g/mol. The van der Waals surface area contributed by atoms with E-state index in [1.165, 1.54) is 0 Å². The smallest absolute Gasteiger partial charge is 0.147 e. The van der Waals surface area contributed by atoms with E-state index in [1.54, 1.807) is 6.07 Å². The van der Waals surface area contributed by atoms with Crippen LogP contribution in [-0.4, -0.2) is 18.1 Å². The van der Waals surface area contributed by atoms with Gasteiger partial charge in [-0.1, -0.05) is 50.9 Å². The quantitative estimate of drug-likeness (QED) is 0.810. The summed E-state index contributed by atoms with van der Waals surface area (Å²) >= 11 is 12.3. The van der Waals surface area contributed by atoms with Crippen LogP contribution in [0, 0.1) is 16.7 Å².